The van der Waals surface area contributed by atoms with Crippen molar-refractivity contribution in [1.29, 1.82) is 0 Å². The minimum Gasteiger partial charge on any atom is -0.372 e. The number of allylic oxidation sites excluding steroid dienone is 1. The summed E-state index contributed by atoms with van der Waals surface area (Å²) < 4.78 is 0. The Morgan fingerprint density at radius 2 is 1.24 bits per heavy atom. The minimum atomic E-state index is 0.00489. The lowest BCUT2D eigenvalue weighted by Crippen LogP contribution is -2.16. The van der Waals surface area contributed by atoms with Gasteiger partial charge in [-0.15, -0.1) is 0 Å². The molecule has 5 aromatic carbocycles. The molecule has 8 rings (SSSR count). The highest BCUT2D eigenvalue weighted by molar-refractivity contribution is 6.05. The molecule has 1 N–H and O–H groups in total. The molecule has 0 aliphatic carbocycles. The fourth-order valence-corrected chi connectivity index (χ4v) is 6.40. The van der Waals surface area contributed by atoms with Gasteiger partial charge in [0.15, 0.2) is 5.82 Å². The highest BCUT2D eigenvalue weighted by atomic mass is 15.0. The van der Waals surface area contributed by atoms with E-state index < -0.39 is 0 Å². The third-order valence-electron chi connectivity index (χ3n) is 8.76. The van der Waals surface area contributed by atoms with Crippen LogP contribution in [0.4, 0.5) is 11.4 Å². The van der Waals surface area contributed by atoms with Gasteiger partial charge in [-0.1, -0.05) is 127 Å². The van der Waals surface area contributed by atoms with Crippen LogP contribution in [-0.4, -0.2) is 15.7 Å². The first-order valence-electron chi connectivity index (χ1n) is 15.5. The second kappa shape index (κ2) is 11.5. The minimum absolute atomic E-state index is 0.00489. The summed E-state index contributed by atoms with van der Waals surface area (Å²) in [6, 6.07) is 46.4. The van der Waals surface area contributed by atoms with Crippen LogP contribution in [0.15, 0.2) is 145 Å². The Kier molecular flexibility index (Phi) is 6.88. The summed E-state index contributed by atoms with van der Waals surface area (Å²) >= 11 is 0. The van der Waals surface area contributed by atoms with Gasteiger partial charge in [0.05, 0.1) is 28.8 Å². The summed E-state index contributed by atoms with van der Waals surface area (Å²) in [5.74, 6) is 0.719. The smallest absolute Gasteiger partial charge is 0.160 e. The van der Waals surface area contributed by atoms with Crippen LogP contribution < -0.4 is 5.32 Å². The molecular weight excluding hydrogens is 548 g/mol. The molecule has 4 nitrogen and oxygen atoms in total. The number of rotatable bonds is 5. The maximum Gasteiger partial charge on any atom is 0.160 e. The van der Waals surface area contributed by atoms with E-state index in [0.717, 1.165) is 63.8 Å². The standard InChI is InChI=1S/C41H32N4/c1-27-24-36(43-40-34(27)22-20-30-21-23-35(42-39(30)40)28-12-5-2-6-13-28)32-18-11-19-33(25-32)38-26-37(29-14-7-3-8-15-29)44-41(45-38)31-16-9-4-10-17-31/h2-20,22,24-26,36,43H,21,23H2,1H3. The third-order valence-corrected chi connectivity index (χ3v) is 8.76. The van der Waals surface area contributed by atoms with Gasteiger partial charge in [-0.25, -0.2) is 9.97 Å². The van der Waals surface area contributed by atoms with E-state index in [4.69, 9.17) is 15.0 Å². The molecule has 4 heteroatoms. The first-order chi connectivity index (χ1) is 22.2. The van der Waals surface area contributed by atoms with Gasteiger partial charge < -0.3 is 5.32 Å². The molecule has 0 saturated carbocycles. The van der Waals surface area contributed by atoms with Gasteiger partial charge in [-0.3, -0.25) is 4.99 Å². The fraction of sp³-hybridized carbons (Fsp3) is 0.0976. The van der Waals surface area contributed by atoms with Crippen LogP contribution in [0, 0.1) is 0 Å². The lowest BCUT2D eigenvalue weighted by atomic mass is 9.89. The van der Waals surface area contributed by atoms with E-state index in [1.54, 1.807) is 0 Å². The molecule has 0 fully saturated rings. The Bertz CT molecular complexity index is 2020. The van der Waals surface area contributed by atoms with Crippen LogP contribution in [0.2, 0.25) is 0 Å². The SMILES string of the molecule is CC1=CC(c2cccc(-c3cc(-c4ccccc4)nc(-c4ccccc4)n3)c2)Nc2c1ccc1c2N=C(c2ccccc2)CC1. The van der Waals surface area contributed by atoms with Crippen molar-refractivity contribution in [2.75, 3.05) is 5.32 Å². The van der Waals surface area contributed by atoms with Crippen molar-refractivity contribution in [3.63, 3.8) is 0 Å². The number of nitrogens with one attached hydrogen (secondary N) is 1. The number of aryl methyl sites for hydroxylation is 1. The first kappa shape index (κ1) is 27.0. The zero-order valence-electron chi connectivity index (χ0n) is 25.1. The molecule has 1 aromatic heterocycles. The van der Waals surface area contributed by atoms with Crippen LogP contribution in [0.3, 0.4) is 0 Å². The highest BCUT2D eigenvalue weighted by Gasteiger charge is 2.25. The molecular formula is C41H32N4. The van der Waals surface area contributed by atoms with Gasteiger partial charge in [0.2, 0.25) is 0 Å². The van der Waals surface area contributed by atoms with Gasteiger partial charge in [0.1, 0.15) is 0 Å². The molecule has 45 heavy (non-hydrogen) atoms. The van der Waals surface area contributed by atoms with Crippen LogP contribution in [0.5, 0.6) is 0 Å². The highest BCUT2D eigenvalue weighted by Crippen LogP contribution is 2.45. The average molecular weight is 581 g/mol. The van der Waals surface area contributed by atoms with Gasteiger partial charge >= 0.3 is 0 Å². The van der Waals surface area contributed by atoms with Crippen molar-refractivity contribution in [3.05, 3.63) is 162 Å². The normalized spacial score (nSPS) is 15.3. The Labute approximate surface area is 263 Å². The molecule has 2 aliphatic rings. The topological polar surface area (TPSA) is 50.2 Å². The van der Waals surface area contributed by atoms with Gasteiger partial charge in [-0.2, -0.15) is 0 Å². The van der Waals surface area contributed by atoms with Gasteiger partial charge in [-0.05, 0) is 54.2 Å². The molecule has 6 aromatic rings. The summed E-state index contributed by atoms with van der Waals surface area (Å²) in [5, 5.41) is 3.88. The van der Waals surface area contributed by atoms with Crippen molar-refractivity contribution in [2.45, 2.75) is 25.8 Å². The van der Waals surface area contributed by atoms with Crippen LogP contribution in [0.25, 0.3) is 39.5 Å². The van der Waals surface area contributed by atoms with E-state index >= 15 is 0 Å². The molecule has 0 radical (unpaired) electrons. The number of hydrogen-bond acceptors (Lipinski definition) is 4. The predicted octanol–water partition coefficient (Wildman–Crippen LogP) is 10.1. The molecule has 0 bridgehead atoms. The molecule has 1 unspecified atom stereocenters. The van der Waals surface area contributed by atoms with E-state index in [1.807, 2.05) is 36.4 Å². The first-order valence-corrected chi connectivity index (χ1v) is 15.5. The van der Waals surface area contributed by atoms with Crippen LogP contribution in [0.1, 0.15) is 41.6 Å². The van der Waals surface area contributed by atoms with E-state index in [-0.39, 0.29) is 6.04 Å². The Morgan fingerprint density at radius 3 is 1.98 bits per heavy atom. The average Bonchev–Trinajstić information content (AvgIpc) is 3.12. The number of hydrogen-bond donors (Lipinski definition) is 1. The van der Waals surface area contributed by atoms with Crippen molar-refractivity contribution >= 4 is 22.7 Å². The van der Waals surface area contributed by atoms with Crippen LogP contribution in [-0.2, 0) is 6.42 Å². The van der Waals surface area contributed by atoms with Gasteiger partial charge in [0.25, 0.3) is 0 Å². The van der Waals surface area contributed by atoms with E-state index in [0.29, 0.717) is 0 Å². The zero-order valence-corrected chi connectivity index (χ0v) is 25.1. The van der Waals surface area contributed by atoms with Crippen LogP contribution >= 0.6 is 0 Å². The number of nitrogens with zero attached hydrogens (tertiary/aromatic N) is 3. The zero-order chi connectivity index (χ0) is 30.2. The Morgan fingerprint density at radius 1 is 0.600 bits per heavy atom. The number of aliphatic imine (C=N–C) groups is 1. The Hall–Kier alpha value is -5.61. The van der Waals surface area contributed by atoms with E-state index in [9.17, 15) is 0 Å². The second-order valence-electron chi connectivity index (χ2n) is 11.7. The molecule has 0 amide bonds. The number of benzene rings is 5. The van der Waals surface area contributed by atoms with E-state index in [1.165, 1.54) is 27.8 Å². The predicted molar refractivity (Wildman–Crippen MR) is 186 cm³/mol. The molecule has 1 atom stereocenters. The number of aromatic nitrogens is 2. The summed E-state index contributed by atoms with van der Waals surface area (Å²) in [5.41, 5.74) is 14.4. The monoisotopic (exact) mass is 580 g/mol. The largest absolute Gasteiger partial charge is 0.372 e. The fourth-order valence-electron chi connectivity index (χ4n) is 6.40. The molecule has 3 heterocycles. The maximum absolute atomic E-state index is 5.24. The maximum atomic E-state index is 5.24. The summed E-state index contributed by atoms with van der Waals surface area (Å²) in [7, 11) is 0. The molecule has 216 valence electrons. The lowest BCUT2D eigenvalue weighted by Gasteiger charge is -2.29. The molecule has 2 aliphatic heterocycles. The van der Waals surface area contributed by atoms with Crippen molar-refractivity contribution in [3.8, 4) is 33.9 Å². The van der Waals surface area contributed by atoms with Crippen molar-refractivity contribution in [1.82, 2.24) is 9.97 Å². The second-order valence-corrected chi connectivity index (χ2v) is 11.7. The van der Waals surface area contributed by atoms with Gasteiger partial charge in [0, 0.05) is 28.0 Å². The van der Waals surface area contributed by atoms with E-state index in [2.05, 4.69) is 115 Å². The number of fused-ring (bicyclic) bond motifs is 3. The molecule has 0 saturated heterocycles. The number of anilines is 1. The quantitative estimate of drug-likeness (QED) is 0.221. The Balaban J connectivity index is 1.18. The lowest BCUT2D eigenvalue weighted by molar-refractivity contribution is 0.956. The molecule has 0 spiro atoms. The van der Waals surface area contributed by atoms with Crippen molar-refractivity contribution in [2.24, 2.45) is 4.99 Å². The van der Waals surface area contributed by atoms with Crippen molar-refractivity contribution < 1.29 is 0 Å². The summed E-state index contributed by atoms with van der Waals surface area (Å²) in [6.45, 7) is 2.20. The summed E-state index contributed by atoms with van der Waals surface area (Å²) in [4.78, 5) is 15.3. The summed E-state index contributed by atoms with van der Waals surface area (Å²) in [6.07, 6.45) is 4.26. The third kappa shape index (κ3) is 5.25.